The van der Waals surface area contributed by atoms with E-state index in [0.29, 0.717) is 11.3 Å². The summed E-state index contributed by atoms with van der Waals surface area (Å²) in [6.45, 7) is -0.192. The van der Waals surface area contributed by atoms with Gasteiger partial charge in [0.15, 0.2) is 18.1 Å². The van der Waals surface area contributed by atoms with Gasteiger partial charge < -0.3 is 14.9 Å². The van der Waals surface area contributed by atoms with E-state index in [4.69, 9.17) is 4.74 Å². The highest BCUT2D eigenvalue weighted by Gasteiger charge is 2.07. The molecule has 6 heteroatoms. The molecule has 0 aliphatic carbocycles. The normalized spacial score (nSPS) is 10.7. The van der Waals surface area contributed by atoms with Gasteiger partial charge in [0.2, 0.25) is 0 Å². The first-order valence-corrected chi connectivity index (χ1v) is 8.24. The van der Waals surface area contributed by atoms with E-state index >= 15 is 0 Å². The van der Waals surface area contributed by atoms with Crippen molar-refractivity contribution in [1.82, 2.24) is 5.43 Å². The quantitative estimate of drug-likeness (QED) is 0.356. The Hall–Kier alpha value is -3.80. The molecule has 0 atom stereocenters. The Morgan fingerprint density at radius 1 is 0.963 bits per heavy atom. The Bertz CT molecular complexity index is 955. The zero-order valence-corrected chi connectivity index (χ0v) is 14.4. The van der Waals surface area contributed by atoms with Gasteiger partial charge in [0, 0.05) is 5.56 Å². The Morgan fingerprint density at radius 2 is 1.70 bits per heavy atom. The van der Waals surface area contributed by atoms with Gasteiger partial charge in [0.05, 0.1) is 6.21 Å². The number of carbonyl (C=O) groups is 1. The van der Waals surface area contributed by atoms with Crippen molar-refractivity contribution in [3.63, 3.8) is 0 Å². The molecule has 0 aliphatic heterocycles. The number of hydrogen-bond donors (Lipinski definition) is 3. The minimum atomic E-state index is -0.419. The number of hydrogen-bond acceptors (Lipinski definition) is 5. The van der Waals surface area contributed by atoms with E-state index in [0.717, 1.165) is 11.1 Å². The molecule has 136 valence electrons. The third-order valence-corrected chi connectivity index (χ3v) is 3.73. The molecule has 0 fully saturated rings. The predicted octanol–water partition coefficient (Wildman–Crippen LogP) is 3.29. The SMILES string of the molecule is O=C(COc1ccccc1-c1ccccc1)N/N=C/c1ccc(O)c(O)c1. The summed E-state index contributed by atoms with van der Waals surface area (Å²) in [4.78, 5) is 11.9. The highest BCUT2D eigenvalue weighted by molar-refractivity contribution is 5.83. The van der Waals surface area contributed by atoms with Crippen molar-refractivity contribution in [2.75, 3.05) is 6.61 Å². The summed E-state index contributed by atoms with van der Waals surface area (Å²) in [5, 5.41) is 22.5. The van der Waals surface area contributed by atoms with Gasteiger partial charge in [-0.2, -0.15) is 5.10 Å². The van der Waals surface area contributed by atoms with Crippen molar-refractivity contribution < 1.29 is 19.7 Å². The second-order valence-corrected chi connectivity index (χ2v) is 5.69. The summed E-state index contributed by atoms with van der Waals surface area (Å²) >= 11 is 0. The molecule has 1 amide bonds. The van der Waals surface area contributed by atoms with Crippen molar-refractivity contribution in [3.8, 4) is 28.4 Å². The van der Waals surface area contributed by atoms with Crippen molar-refractivity contribution in [2.45, 2.75) is 0 Å². The maximum atomic E-state index is 11.9. The first-order chi connectivity index (χ1) is 13.1. The summed E-state index contributed by atoms with van der Waals surface area (Å²) in [5.74, 6) is -0.295. The van der Waals surface area contributed by atoms with E-state index in [1.807, 2.05) is 48.5 Å². The Balaban J connectivity index is 1.58. The molecule has 0 radical (unpaired) electrons. The molecule has 0 saturated carbocycles. The molecular formula is C21H18N2O4. The maximum Gasteiger partial charge on any atom is 0.277 e. The monoisotopic (exact) mass is 362 g/mol. The molecule has 27 heavy (non-hydrogen) atoms. The van der Waals surface area contributed by atoms with Crippen LogP contribution in [0.25, 0.3) is 11.1 Å². The van der Waals surface area contributed by atoms with E-state index in [9.17, 15) is 15.0 Å². The topological polar surface area (TPSA) is 91.2 Å². The van der Waals surface area contributed by atoms with Crippen LogP contribution in [0.15, 0.2) is 77.9 Å². The average molecular weight is 362 g/mol. The Morgan fingerprint density at radius 3 is 2.48 bits per heavy atom. The van der Waals surface area contributed by atoms with E-state index < -0.39 is 5.91 Å². The van der Waals surface area contributed by atoms with E-state index in [-0.39, 0.29) is 18.1 Å². The number of amides is 1. The molecule has 3 aromatic carbocycles. The standard InChI is InChI=1S/C21H18N2O4/c24-18-11-10-15(12-19(18)25)13-22-23-21(26)14-27-20-9-5-4-8-17(20)16-6-2-1-3-7-16/h1-13,24-25H,14H2,(H,23,26)/b22-13+. The Kier molecular flexibility index (Phi) is 5.69. The summed E-state index contributed by atoms with van der Waals surface area (Å²) in [5.41, 5.74) is 4.78. The van der Waals surface area contributed by atoms with Crippen molar-refractivity contribution in [2.24, 2.45) is 5.10 Å². The van der Waals surface area contributed by atoms with E-state index in [2.05, 4.69) is 10.5 Å². The number of carbonyl (C=O) groups excluding carboxylic acids is 1. The van der Waals surface area contributed by atoms with Gasteiger partial charge in [-0.15, -0.1) is 0 Å². The molecular weight excluding hydrogens is 344 g/mol. The van der Waals surface area contributed by atoms with Crippen LogP contribution in [0.3, 0.4) is 0 Å². The third-order valence-electron chi connectivity index (χ3n) is 3.73. The summed E-state index contributed by atoms with van der Waals surface area (Å²) < 4.78 is 5.63. The lowest BCUT2D eigenvalue weighted by Gasteiger charge is -2.10. The number of rotatable bonds is 6. The molecule has 0 saturated heterocycles. The van der Waals surface area contributed by atoms with Crippen LogP contribution in [-0.4, -0.2) is 28.9 Å². The first-order valence-electron chi connectivity index (χ1n) is 8.24. The lowest BCUT2D eigenvalue weighted by atomic mass is 10.1. The summed E-state index contributed by atoms with van der Waals surface area (Å²) in [7, 11) is 0. The largest absolute Gasteiger partial charge is 0.504 e. The van der Waals surface area contributed by atoms with E-state index in [1.54, 1.807) is 12.1 Å². The summed E-state index contributed by atoms with van der Waals surface area (Å²) in [6, 6.07) is 21.5. The molecule has 0 heterocycles. The first kappa shape index (κ1) is 18.0. The molecule has 3 N–H and O–H groups in total. The minimum absolute atomic E-state index is 0.192. The minimum Gasteiger partial charge on any atom is -0.504 e. The number of ether oxygens (including phenoxy) is 1. The van der Waals surface area contributed by atoms with E-state index in [1.165, 1.54) is 18.3 Å². The second-order valence-electron chi connectivity index (χ2n) is 5.69. The van der Waals surface area contributed by atoms with Gasteiger partial charge >= 0.3 is 0 Å². The zero-order valence-electron chi connectivity index (χ0n) is 14.4. The number of phenolic OH excluding ortho intramolecular Hbond substituents is 2. The van der Waals surface area contributed by atoms with Crippen molar-refractivity contribution in [3.05, 3.63) is 78.4 Å². The summed E-state index contributed by atoms with van der Waals surface area (Å²) in [6.07, 6.45) is 1.36. The molecule has 0 unspecified atom stereocenters. The number of aromatic hydroxyl groups is 2. The van der Waals surface area contributed by atoms with Crippen LogP contribution < -0.4 is 10.2 Å². The van der Waals surface area contributed by atoms with Crippen LogP contribution in [0.1, 0.15) is 5.56 Å². The fourth-order valence-corrected chi connectivity index (χ4v) is 2.42. The fraction of sp³-hybridized carbons (Fsp3) is 0.0476. The predicted molar refractivity (Wildman–Crippen MR) is 103 cm³/mol. The number of nitrogens with zero attached hydrogens (tertiary/aromatic N) is 1. The second kappa shape index (κ2) is 8.53. The molecule has 0 aromatic heterocycles. The molecule has 3 rings (SSSR count). The fourth-order valence-electron chi connectivity index (χ4n) is 2.42. The molecule has 0 aliphatic rings. The van der Waals surface area contributed by atoms with Crippen LogP contribution in [0.4, 0.5) is 0 Å². The van der Waals surface area contributed by atoms with Crippen LogP contribution >= 0.6 is 0 Å². The van der Waals surface area contributed by atoms with Gasteiger partial charge in [0.1, 0.15) is 5.75 Å². The van der Waals surface area contributed by atoms with Gasteiger partial charge in [-0.3, -0.25) is 4.79 Å². The molecule has 0 bridgehead atoms. The number of para-hydroxylation sites is 1. The lowest BCUT2D eigenvalue weighted by Crippen LogP contribution is -2.24. The van der Waals surface area contributed by atoms with Crippen LogP contribution in [0.5, 0.6) is 17.2 Å². The van der Waals surface area contributed by atoms with Gasteiger partial charge in [-0.1, -0.05) is 48.5 Å². The number of nitrogens with one attached hydrogen (secondary N) is 1. The zero-order chi connectivity index (χ0) is 19.1. The number of hydrazone groups is 1. The highest BCUT2D eigenvalue weighted by Crippen LogP contribution is 2.29. The van der Waals surface area contributed by atoms with Crippen molar-refractivity contribution in [1.29, 1.82) is 0 Å². The maximum absolute atomic E-state index is 11.9. The third kappa shape index (κ3) is 4.85. The Labute approximate surface area is 156 Å². The van der Waals surface area contributed by atoms with Crippen LogP contribution in [-0.2, 0) is 4.79 Å². The van der Waals surface area contributed by atoms with Gasteiger partial charge in [0.25, 0.3) is 5.91 Å². The molecule has 0 spiro atoms. The number of phenols is 2. The molecule has 6 nitrogen and oxygen atoms in total. The average Bonchev–Trinajstić information content (AvgIpc) is 2.70. The van der Waals surface area contributed by atoms with Crippen molar-refractivity contribution >= 4 is 12.1 Å². The smallest absolute Gasteiger partial charge is 0.277 e. The van der Waals surface area contributed by atoms with Crippen LogP contribution in [0.2, 0.25) is 0 Å². The van der Waals surface area contributed by atoms with Gasteiger partial charge in [-0.05, 0) is 35.4 Å². The molecule has 3 aromatic rings. The number of benzene rings is 3. The van der Waals surface area contributed by atoms with Crippen LogP contribution in [0, 0.1) is 0 Å². The van der Waals surface area contributed by atoms with Gasteiger partial charge in [-0.25, -0.2) is 5.43 Å². The highest BCUT2D eigenvalue weighted by atomic mass is 16.5. The lowest BCUT2D eigenvalue weighted by molar-refractivity contribution is -0.123.